The second kappa shape index (κ2) is 6.84. The molecule has 7 heteroatoms. The number of nitrogen functional groups attached to an aromatic ring is 1. The molecule has 0 spiro atoms. The van der Waals surface area contributed by atoms with E-state index in [1.54, 1.807) is 26.6 Å². The molecule has 1 heterocycles. The van der Waals surface area contributed by atoms with Gasteiger partial charge in [-0.1, -0.05) is 0 Å². The van der Waals surface area contributed by atoms with E-state index < -0.39 is 0 Å². The lowest BCUT2D eigenvalue weighted by atomic mass is 10.2. The summed E-state index contributed by atoms with van der Waals surface area (Å²) in [5, 5.41) is 4.28. The van der Waals surface area contributed by atoms with Crippen molar-refractivity contribution in [3.05, 3.63) is 29.6 Å². The van der Waals surface area contributed by atoms with Crippen molar-refractivity contribution in [2.24, 2.45) is 5.10 Å². The van der Waals surface area contributed by atoms with Gasteiger partial charge in [0.1, 0.15) is 0 Å². The van der Waals surface area contributed by atoms with Crippen LogP contribution in [0.1, 0.15) is 18.2 Å². The van der Waals surface area contributed by atoms with E-state index >= 15 is 0 Å². The van der Waals surface area contributed by atoms with Crippen molar-refractivity contribution in [3.63, 3.8) is 0 Å². The lowest BCUT2D eigenvalue weighted by molar-refractivity contribution is 0.288. The molecular formula is C15H20N4O3. The Bertz CT molecular complexity index is 654. The van der Waals surface area contributed by atoms with Gasteiger partial charge in [0.2, 0.25) is 11.7 Å². The molecule has 0 radical (unpaired) electrons. The number of nitrogens with zero attached hydrogens (tertiary/aromatic N) is 3. The van der Waals surface area contributed by atoms with Gasteiger partial charge in [0, 0.05) is 5.56 Å². The van der Waals surface area contributed by atoms with Crippen LogP contribution in [0.4, 0.5) is 5.95 Å². The SMILES string of the molecule is CCOc1c(OC)cc(C=Nn2cc(C)nc2N)cc1OC. The van der Waals surface area contributed by atoms with Crippen molar-refractivity contribution in [1.82, 2.24) is 9.66 Å². The first-order valence-corrected chi connectivity index (χ1v) is 6.83. The van der Waals surface area contributed by atoms with Crippen molar-refractivity contribution in [3.8, 4) is 17.2 Å². The first-order valence-electron chi connectivity index (χ1n) is 6.83. The topological polar surface area (TPSA) is 83.9 Å². The average Bonchev–Trinajstić information content (AvgIpc) is 2.83. The van der Waals surface area contributed by atoms with E-state index in [2.05, 4.69) is 10.1 Å². The molecule has 1 aromatic carbocycles. The summed E-state index contributed by atoms with van der Waals surface area (Å²) in [5.74, 6) is 2.07. The Balaban J connectivity index is 2.37. The number of imidazole rings is 1. The molecule has 0 saturated heterocycles. The number of methoxy groups -OCH3 is 2. The largest absolute Gasteiger partial charge is 0.493 e. The third-order valence-corrected chi connectivity index (χ3v) is 2.94. The summed E-state index contributed by atoms with van der Waals surface area (Å²) in [6, 6.07) is 3.63. The van der Waals surface area contributed by atoms with E-state index in [1.165, 1.54) is 4.68 Å². The first-order chi connectivity index (χ1) is 10.6. The minimum atomic E-state index is 0.332. The molecule has 2 rings (SSSR count). The fourth-order valence-electron chi connectivity index (χ4n) is 1.99. The van der Waals surface area contributed by atoms with Crippen LogP contribution in [0, 0.1) is 6.92 Å². The number of ether oxygens (including phenoxy) is 3. The molecule has 2 aromatic rings. The molecule has 0 bridgehead atoms. The minimum Gasteiger partial charge on any atom is -0.493 e. The van der Waals surface area contributed by atoms with E-state index in [-0.39, 0.29) is 0 Å². The van der Waals surface area contributed by atoms with Gasteiger partial charge >= 0.3 is 0 Å². The average molecular weight is 304 g/mol. The highest BCUT2D eigenvalue weighted by atomic mass is 16.5. The Morgan fingerprint density at radius 3 is 2.36 bits per heavy atom. The van der Waals surface area contributed by atoms with Gasteiger partial charge < -0.3 is 19.9 Å². The van der Waals surface area contributed by atoms with Crippen LogP contribution in [0.5, 0.6) is 17.2 Å². The normalized spacial score (nSPS) is 10.9. The molecule has 0 atom stereocenters. The van der Waals surface area contributed by atoms with Gasteiger partial charge in [-0.3, -0.25) is 0 Å². The second-order valence-electron chi connectivity index (χ2n) is 4.52. The van der Waals surface area contributed by atoms with Crippen LogP contribution >= 0.6 is 0 Å². The zero-order chi connectivity index (χ0) is 16.1. The molecule has 2 N–H and O–H groups in total. The number of rotatable bonds is 6. The summed E-state index contributed by atoms with van der Waals surface area (Å²) in [7, 11) is 3.16. The fourth-order valence-corrected chi connectivity index (χ4v) is 1.99. The van der Waals surface area contributed by atoms with Gasteiger partial charge in [-0.15, -0.1) is 0 Å². The van der Waals surface area contributed by atoms with Gasteiger partial charge in [0.15, 0.2) is 11.5 Å². The van der Waals surface area contributed by atoms with Crippen molar-refractivity contribution in [1.29, 1.82) is 0 Å². The van der Waals surface area contributed by atoms with Crippen LogP contribution in [0.2, 0.25) is 0 Å². The minimum absolute atomic E-state index is 0.332. The zero-order valence-corrected chi connectivity index (χ0v) is 13.2. The zero-order valence-electron chi connectivity index (χ0n) is 13.2. The predicted octanol–water partition coefficient (Wildman–Crippen LogP) is 2.07. The van der Waals surface area contributed by atoms with Crippen LogP contribution in [0.15, 0.2) is 23.4 Å². The maximum atomic E-state index is 5.75. The van der Waals surface area contributed by atoms with Crippen LogP contribution in [0.3, 0.4) is 0 Å². The number of benzene rings is 1. The summed E-state index contributed by atoms with van der Waals surface area (Å²) in [6.45, 7) is 4.27. The van der Waals surface area contributed by atoms with E-state index in [0.29, 0.717) is 29.8 Å². The van der Waals surface area contributed by atoms with Crippen LogP contribution in [-0.4, -0.2) is 36.7 Å². The summed E-state index contributed by atoms with van der Waals surface area (Å²) in [4.78, 5) is 4.09. The van der Waals surface area contributed by atoms with E-state index in [0.717, 1.165) is 11.3 Å². The van der Waals surface area contributed by atoms with Crippen molar-refractivity contribution in [2.45, 2.75) is 13.8 Å². The number of aryl methyl sites for hydroxylation is 1. The number of hydrogen-bond donors (Lipinski definition) is 1. The van der Waals surface area contributed by atoms with Crippen molar-refractivity contribution >= 4 is 12.2 Å². The third-order valence-electron chi connectivity index (χ3n) is 2.94. The Kier molecular flexibility index (Phi) is 4.88. The van der Waals surface area contributed by atoms with E-state index in [4.69, 9.17) is 19.9 Å². The van der Waals surface area contributed by atoms with E-state index in [1.807, 2.05) is 26.0 Å². The molecule has 0 aliphatic carbocycles. The fraction of sp³-hybridized carbons (Fsp3) is 0.333. The molecule has 0 amide bonds. The number of anilines is 1. The molecule has 0 saturated carbocycles. The standard InChI is InChI=1S/C15H20N4O3/c1-5-22-14-12(20-3)6-11(7-13(14)21-4)8-17-19-9-10(2)18-15(19)16/h6-9H,5H2,1-4H3,(H2,16,18). The second-order valence-corrected chi connectivity index (χ2v) is 4.52. The molecule has 0 aliphatic heterocycles. The summed E-state index contributed by atoms with van der Waals surface area (Å²) < 4.78 is 17.8. The molecule has 22 heavy (non-hydrogen) atoms. The number of aromatic nitrogens is 2. The molecule has 118 valence electrons. The Morgan fingerprint density at radius 1 is 1.27 bits per heavy atom. The summed E-state index contributed by atoms with van der Waals surface area (Å²) in [6.07, 6.45) is 3.40. The third kappa shape index (κ3) is 3.30. The molecule has 0 fully saturated rings. The molecular weight excluding hydrogens is 284 g/mol. The molecule has 0 aliphatic rings. The number of hydrogen-bond acceptors (Lipinski definition) is 6. The molecule has 7 nitrogen and oxygen atoms in total. The van der Waals surface area contributed by atoms with E-state index in [9.17, 15) is 0 Å². The predicted molar refractivity (Wildman–Crippen MR) is 85.1 cm³/mol. The van der Waals surface area contributed by atoms with Crippen LogP contribution in [-0.2, 0) is 0 Å². The van der Waals surface area contributed by atoms with Crippen molar-refractivity contribution in [2.75, 3.05) is 26.6 Å². The monoisotopic (exact) mass is 304 g/mol. The van der Waals surface area contributed by atoms with Gasteiger partial charge in [-0.2, -0.15) is 5.10 Å². The molecule has 1 aromatic heterocycles. The quantitative estimate of drug-likeness (QED) is 0.826. The highest BCUT2D eigenvalue weighted by Crippen LogP contribution is 2.38. The number of nitrogens with two attached hydrogens (primary N) is 1. The highest BCUT2D eigenvalue weighted by Gasteiger charge is 2.13. The summed E-state index contributed by atoms with van der Waals surface area (Å²) >= 11 is 0. The van der Waals surface area contributed by atoms with Gasteiger partial charge in [-0.25, -0.2) is 9.66 Å². The van der Waals surface area contributed by atoms with Crippen LogP contribution < -0.4 is 19.9 Å². The van der Waals surface area contributed by atoms with Gasteiger partial charge in [-0.05, 0) is 26.0 Å². The maximum Gasteiger partial charge on any atom is 0.221 e. The Morgan fingerprint density at radius 2 is 1.91 bits per heavy atom. The lowest BCUT2D eigenvalue weighted by Gasteiger charge is -2.14. The van der Waals surface area contributed by atoms with Gasteiger partial charge in [0.05, 0.1) is 38.9 Å². The highest BCUT2D eigenvalue weighted by molar-refractivity contribution is 5.82. The lowest BCUT2D eigenvalue weighted by Crippen LogP contribution is -2.01. The summed E-state index contributed by atoms with van der Waals surface area (Å²) in [5.41, 5.74) is 7.35. The van der Waals surface area contributed by atoms with Crippen LogP contribution in [0.25, 0.3) is 0 Å². The molecule has 0 unspecified atom stereocenters. The van der Waals surface area contributed by atoms with Crippen molar-refractivity contribution < 1.29 is 14.2 Å². The first kappa shape index (κ1) is 15.7. The Hall–Kier alpha value is -2.70. The van der Waals surface area contributed by atoms with Gasteiger partial charge in [0.25, 0.3) is 0 Å². The maximum absolute atomic E-state index is 5.75. The smallest absolute Gasteiger partial charge is 0.221 e. The Labute approximate surface area is 129 Å².